The van der Waals surface area contributed by atoms with Crippen LogP contribution in [0.1, 0.15) is 57.4 Å². The second-order valence-electron chi connectivity index (χ2n) is 7.68. The molecule has 0 bridgehead atoms. The van der Waals surface area contributed by atoms with E-state index in [1.807, 2.05) is 38.1 Å². The van der Waals surface area contributed by atoms with Gasteiger partial charge < -0.3 is 10.1 Å². The van der Waals surface area contributed by atoms with Gasteiger partial charge in [-0.1, -0.05) is 62.7 Å². The lowest BCUT2D eigenvalue weighted by Crippen LogP contribution is -2.37. The summed E-state index contributed by atoms with van der Waals surface area (Å²) in [6.45, 7) is 12.3. The van der Waals surface area contributed by atoms with Gasteiger partial charge in [0.2, 0.25) is 0 Å². The smallest absolute Gasteiger partial charge is 0.261 e. The summed E-state index contributed by atoms with van der Waals surface area (Å²) in [7, 11) is 0. The fourth-order valence-electron chi connectivity index (χ4n) is 2.56. The number of benzene rings is 2. The Balaban J connectivity index is 1.94. The predicted octanol–water partition coefficient (Wildman–Crippen LogP) is 4.94. The Kier molecular flexibility index (Phi) is 5.89. The molecule has 25 heavy (non-hydrogen) atoms. The van der Waals surface area contributed by atoms with Crippen molar-refractivity contribution >= 4 is 5.91 Å². The van der Waals surface area contributed by atoms with E-state index >= 15 is 0 Å². The average molecular weight is 339 g/mol. The molecular weight excluding hydrogens is 310 g/mol. The summed E-state index contributed by atoms with van der Waals surface area (Å²) >= 11 is 0. The van der Waals surface area contributed by atoms with Crippen LogP contribution in [0.5, 0.6) is 5.75 Å². The van der Waals surface area contributed by atoms with E-state index in [4.69, 9.17) is 4.74 Å². The van der Waals surface area contributed by atoms with Crippen LogP contribution in [0.2, 0.25) is 0 Å². The van der Waals surface area contributed by atoms with Crippen LogP contribution in [0, 0.1) is 6.92 Å². The van der Waals surface area contributed by atoms with Crippen molar-refractivity contribution in [3.8, 4) is 5.75 Å². The molecule has 0 unspecified atom stereocenters. The Labute approximate surface area is 151 Å². The van der Waals surface area contributed by atoms with Crippen molar-refractivity contribution in [1.29, 1.82) is 0 Å². The van der Waals surface area contributed by atoms with E-state index in [1.54, 1.807) is 6.92 Å². The van der Waals surface area contributed by atoms with Gasteiger partial charge in [-0.15, -0.1) is 0 Å². The molecule has 3 heteroatoms. The zero-order chi connectivity index (χ0) is 18.6. The molecule has 2 rings (SSSR count). The summed E-state index contributed by atoms with van der Waals surface area (Å²) in [5, 5.41) is 3.01. The molecule has 0 aliphatic rings. The van der Waals surface area contributed by atoms with Crippen molar-refractivity contribution in [2.24, 2.45) is 0 Å². The molecule has 1 N–H and O–H groups in total. The van der Waals surface area contributed by atoms with Gasteiger partial charge in [-0.2, -0.15) is 0 Å². The highest BCUT2D eigenvalue weighted by atomic mass is 16.5. The average Bonchev–Trinajstić information content (AvgIpc) is 2.55. The van der Waals surface area contributed by atoms with Crippen LogP contribution in [0.15, 0.2) is 48.5 Å². The maximum Gasteiger partial charge on any atom is 0.261 e. The molecular formula is C22H29NO2. The Hall–Kier alpha value is -2.29. The van der Waals surface area contributed by atoms with Gasteiger partial charge in [0.15, 0.2) is 6.10 Å². The maximum atomic E-state index is 12.4. The van der Waals surface area contributed by atoms with Crippen molar-refractivity contribution < 1.29 is 9.53 Å². The first-order chi connectivity index (χ1) is 11.7. The van der Waals surface area contributed by atoms with Crippen molar-refractivity contribution in [3.05, 3.63) is 65.2 Å². The van der Waals surface area contributed by atoms with Crippen molar-refractivity contribution in [2.45, 2.75) is 59.1 Å². The summed E-state index contributed by atoms with van der Waals surface area (Å²) in [4.78, 5) is 12.4. The monoisotopic (exact) mass is 339 g/mol. The van der Waals surface area contributed by atoms with E-state index in [1.165, 1.54) is 11.1 Å². The van der Waals surface area contributed by atoms with Gasteiger partial charge in [-0.25, -0.2) is 0 Å². The molecule has 0 aliphatic heterocycles. The van der Waals surface area contributed by atoms with E-state index in [0.29, 0.717) is 5.75 Å². The molecule has 0 spiro atoms. The van der Waals surface area contributed by atoms with Crippen molar-refractivity contribution in [2.75, 3.05) is 0 Å². The fraction of sp³-hybridized carbons (Fsp3) is 0.409. The van der Waals surface area contributed by atoms with Crippen LogP contribution in [0.25, 0.3) is 0 Å². The number of carbonyl (C=O) groups is 1. The zero-order valence-electron chi connectivity index (χ0n) is 16.1. The van der Waals surface area contributed by atoms with Crippen LogP contribution in [-0.4, -0.2) is 12.0 Å². The van der Waals surface area contributed by atoms with Crippen molar-refractivity contribution in [1.82, 2.24) is 5.32 Å². The largest absolute Gasteiger partial charge is 0.481 e. The maximum absolute atomic E-state index is 12.4. The molecule has 0 fully saturated rings. The molecule has 0 aromatic heterocycles. The molecule has 0 radical (unpaired) electrons. The molecule has 2 atom stereocenters. The number of ether oxygens (including phenoxy) is 1. The lowest BCUT2D eigenvalue weighted by atomic mass is 9.87. The van der Waals surface area contributed by atoms with Gasteiger partial charge in [0, 0.05) is 0 Å². The first kappa shape index (κ1) is 19.0. The summed E-state index contributed by atoms with van der Waals surface area (Å²) in [6.07, 6.45) is -0.548. The third-order valence-electron chi connectivity index (χ3n) is 4.34. The number of amides is 1. The zero-order valence-corrected chi connectivity index (χ0v) is 16.1. The molecule has 2 aromatic carbocycles. The van der Waals surface area contributed by atoms with Crippen LogP contribution in [0.3, 0.4) is 0 Å². The second kappa shape index (κ2) is 7.73. The van der Waals surface area contributed by atoms with Gasteiger partial charge in [0.05, 0.1) is 6.04 Å². The van der Waals surface area contributed by atoms with Crippen LogP contribution < -0.4 is 10.1 Å². The summed E-state index contributed by atoms with van der Waals surface area (Å²) in [6, 6.07) is 16.1. The van der Waals surface area contributed by atoms with E-state index < -0.39 is 6.10 Å². The number of rotatable bonds is 5. The number of nitrogens with one attached hydrogen (secondary N) is 1. The Morgan fingerprint density at radius 2 is 1.52 bits per heavy atom. The van der Waals surface area contributed by atoms with E-state index in [2.05, 4.69) is 50.4 Å². The topological polar surface area (TPSA) is 38.3 Å². The van der Waals surface area contributed by atoms with Crippen LogP contribution in [0.4, 0.5) is 0 Å². The third-order valence-corrected chi connectivity index (χ3v) is 4.34. The number of hydrogen-bond acceptors (Lipinski definition) is 2. The van der Waals surface area contributed by atoms with Gasteiger partial charge in [0.1, 0.15) is 5.75 Å². The van der Waals surface area contributed by atoms with Gasteiger partial charge in [-0.05, 0) is 49.4 Å². The van der Waals surface area contributed by atoms with E-state index in [9.17, 15) is 4.79 Å². The van der Waals surface area contributed by atoms with Gasteiger partial charge in [-0.3, -0.25) is 4.79 Å². The normalized spacial score (nSPS) is 13.8. The highest BCUT2D eigenvalue weighted by molar-refractivity contribution is 5.81. The molecule has 3 nitrogen and oxygen atoms in total. The summed E-state index contributed by atoms with van der Waals surface area (Å²) < 4.78 is 5.79. The summed E-state index contributed by atoms with van der Waals surface area (Å²) in [5.41, 5.74) is 3.63. The lowest BCUT2D eigenvalue weighted by molar-refractivity contribution is -0.127. The quantitative estimate of drug-likeness (QED) is 0.838. The highest BCUT2D eigenvalue weighted by Crippen LogP contribution is 2.24. The minimum Gasteiger partial charge on any atom is -0.481 e. The second-order valence-corrected chi connectivity index (χ2v) is 7.68. The molecule has 0 saturated carbocycles. The van der Waals surface area contributed by atoms with Crippen LogP contribution in [-0.2, 0) is 10.2 Å². The minimum absolute atomic E-state index is 0.0533. The molecule has 1 amide bonds. The van der Waals surface area contributed by atoms with Gasteiger partial charge >= 0.3 is 0 Å². The number of hydrogen-bond donors (Lipinski definition) is 1. The molecule has 2 aromatic rings. The fourth-order valence-corrected chi connectivity index (χ4v) is 2.56. The first-order valence-electron chi connectivity index (χ1n) is 8.81. The summed E-state index contributed by atoms with van der Waals surface area (Å²) in [5.74, 6) is 0.589. The Morgan fingerprint density at radius 1 is 0.960 bits per heavy atom. The van der Waals surface area contributed by atoms with E-state index in [0.717, 1.165) is 5.56 Å². The van der Waals surface area contributed by atoms with Crippen molar-refractivity contribution in [3.63, 3.8) is 0 Å². The third kappa shape index (κ3) is 5.35. The first-order valence-corrected chi connectivity index (χ1v) is 8.81. The Bertz CT molecular complexity index is 696. The predicted molar refractivity (Wildman–Crippen MR) is 103 cm³/mol. The standard InChI is InChI=1S/C22H29NO2/c1-15-7-9-18(10-8-15)16(2)23-21(24)17(3)25-20-13-11-19(12-14-20)22(4,5)6/h7-14,16-17H,1-6H3,(H,23,24)/t16-,17-/m1/s1. The molecule has 0 aliphatic carbocycles. The SMILES string of the molecule is Cc1ccc([C@@H](C)NC(=O)[C@@H](C)Oc2ccc(C(C)(C)C)cc2)cc1. The number of aryl methyl sites for hydroxylation is 1. The molecule has 134 valence electrons. The minimum atomic E-state index is -0.548. The molecule has 0 saturated heterocycles. The lowest BCUT2D eigenvalue weighted by Gasteiger charge is -2.21. The molecule has 0 heterocycles. The number of carbonyl (C=O) groups excluding carboxylic acids is 1. The highest BCUT2D eigenvalue weighted by Gasteiger charge is 2.18. The Morgan fingerprint density at radius 3 is 2.04 bits per heavy atom. The van der Waals surface area contributed by atoms with Gasteiger partial charge in [0.25, 0.3) is 5.91 Å². The van der Waals surface area contributed by atoms with E-state index in [-0.39, 0.29) is 17.4 Å². The van der Waals surface area contributed by atoms with Crippen LogP contribution >= 0.6 is 0 Å².